The molecule has 204 valence electrons. The van der Waals surface area contributed by atoms with Gasteiger partial charge in [0.15, 0.2) is 0 Å². The van der Waals surface area contributed by atoms with Crippen LogP contribution in [0.3, 0.4) is 0 Å². The summed E-state index contributed by atoms with van der Waals surface area (Å²) < 4.78 is 59.3. The number of benzene rings is 2. The molecule has 13 heteroatoms. The quantitative estimate of drug-likeness (QED) is 0.442. The summed E-state index contributed by atoms with van der Waals surface area (Å²) in [4.78, 5) is 29.6. The van der Waals surface area contributed by atoms with Crippen molar-refractivity contribution in [2.45, 2.75) is 50.4 Å². The van der Waals surface area contributed by atoms with Gasteiger partial charge in [0.1, 0.15) is 0 Å². The Labute approximate surface area is 227 Å². The highest BCUT2D eigenvalue weighted by Gasteiger charge is 2.62. The third-order valence-electron chi connectivity index (χ3n) is 6.23. The molecule has 2 aromatic rings. The monoisotopic (exact) mass is 589 g/mol. The van der Waals surface area contributed by atoms with Gasteiger partial charge >= 0.3 is 6.18 Å². The molecule has 2 amide bonds. The lowest BCUT2D eigenvalue weighted by molar-refractivity contribution is -0.275. The number of alkyl halides is 3. The van der Waals surface area contributed by atoms with Crippen molar-refractivity contribution in [1.82, 2.24) is 5.32 Å². The maximum atomic E-state index is 14.2. The SMILES string of the molecule is Cc1cc(C2=NOC(c3cc(Cl)cc(Cl)c3)(C(F)(F)F)C2)ccc1C(=O)N=S(C)(=O)CCC(=O)NC1CC1. The summed E-state index contributed by atoms with van der Waals surface area (Å²) in [6, 6.07) is 8.05. The van der Waals surface area contributed by atoms with Gasteiger partial charge in [0.25, 0.3) is 11.5 Å². The maximum absolute atomic E-state index is 14.2. The molecule has 2 aromatic carbocycles. The fourth-order valence-electron chi connectivity index (χ4n) is 4.01. The van der Waals surface area contributed by atoms with E-state index in [2.05, 4.69) is 14.8 Å². The van der Waals surface area contributed by atoms with Crippen molar-refractivity contribution in [3.8, 4) is 0 Å². The molecule has 0 radical (unpaired) electrons. The normalized spacial score (nSPS) is 20.8. The van der Waals surface area contributed by atoms with E-state index in [-0.39, 0.29) is 51.0 Å². The molecule has 2 atom stereocenters. The van der Waals surface area contributed by atoms with Crippen molar-refractivity contribution in [3.63, 3.8) is 0 Å². The van der Waals surface area contributed by atoms with Crippen LogP contribution in [0.2, 0.25) is 10.0 Å². The number of carbonyl (C=O) groups is 2. The molecular formula is C25H24Cl2F3N3O4S. The Bertz CT molecular complexity index is 1430. The molecular weight excluding hydrogens is 566 g/mol. The molecule has 1 fully saturated rings. The summed E-state index contributed by atoms with van der Waals surface area (Å²) in [6.07, 6.45) is -2.34. The van der Waals surface area contributed by atoms with E-state index in [4.69, 9.17) is 28.0 Å². The van der Waals surface area contributed by atoms with Crippen molar-refractivity contribution in [1.29, 1.82) is 0 Å². The molecule has 0 aromatic heterocycles. The zero-order chi connectivity index (χ0) is 27.9. The molecule has 1 aliphatic heterocycles. The van der Waals surface area contributed by atoms with Crippen LogP contribution in [-0.2, 0) is 25.0 Å². The predicted octanol–water partition coefficient (Wildman–Crippen LogP) is 5.79. The molecule has 38 heavy (non-hydrogen) atoms. The van der Waals surface area contributed by atoms with Gasteiger partial charge in [0, 0.05) is 52.1 Å². The van der Waals surface area contributed by atoms with Crippen LogP contribution in [0.5, 0.6) is 0 Å². The highest BCUT2D eigenvalue weighted by molar-refractivity contribution is 7.93. The zero-order valence-corrected chi connectivity index (χ0v) is 22.7. The number of aryl methyl sites for hydroxylation is 1. The van der Waals surface area contributed by atoms with Crippen LogP contribution in [0.25, 0.3) is 0 Å². The number of amides is 2. The van der Waals surface area contributed by atoms with E-state index in [0.717, 1.165) is 25.0 Å². The second kappa shape index (κ2) is 10.5. The topological polar surface area (TPSA) is 97.2 Å². The van der Waals surface area contributed by atoms with E-state index >= 15 is 0 Å². The van der Waals surface area contributed by atoms with E-state index in [1.54, 1.807) is 6.92 Å². The number of halogens is 5. The standard InChI is InChI=1S/C25H24Cl2F3N3O4S/c1-14-9-15(3-6-20(14)23(35)33-38(2,36)8-7-22(34)31-19-4-5-19)21-13-24(37-32-21,25(28,29)30)16-10-17(26)12-18(27)11-16/h3,6,9-12,19H,4-5,7-8,13H2,1-2H3,(H,31,34). The second-order valence-electron chi connectivity index (χ2n) is 9.47. The maximum Gasteiger partial charge on any atom is 0.435 e. The summed E-state index contributed by atoms with van der Waals surface area (Å²) in [5.41, 5.74) is -2.21. The average Bonchev–Trinajstić information content (AvgIpc) is 3.48. The molecule has 2 aliphatic rings. The highest BCUT2D eigenvalue weighted by Crippen LogP contribution is 2.49. The fourth-order valence-corrected chi connectivity index (χ4v) is 5.64. The first-order valence-corrected chi connectivity index (χ1v) is 14.5. The fraction of sp³-hybridized carbons (Fsp3) is 0.400. The summed E-state index contributed by atoms with van der Waals surface area (Å²) >= 11 is 11.9. The number of nitrogens with one attached hydrogen (secondary N) is 1. The van der Waals surface area contributed by atoms with Crippen molar-refractivity contribution < 1.29 is 31.8 Å². The average molecular weight is 590 g/mol. The minimum absolute atomic E-state index is 0.0124. The molecule has 1 aliphatic carbocycles. The van der Waals surface area contributed by atoms with Crippen LogP contribution in [0, 0.1) is 6.92 Å². The Morgan fingerprint density at radius 1 is 1.18 bits per heavy atom. The van der Waals surface area contributed by atoms with Gasteiger partial charge in [0.05, 0.1) is 15.4 Å². The smallest absolute Gasteiger partial charge is 0.374 e. The van der Waals surface area contributed by atoms with Crippen molar-refractivity contribution >= 4 is 50.5 Å². The van der Waals surface area contributed by atoms with E-state index in [1.165, 1.54) is 30.5 Å². The Kier molecular flexibility index (Phi) is 7.84. The molecule has 7 nitrogen and oxygen atoms in total. The Morgan fingerprint density at radius 3 is 2.42 bits per heavy atom. The number of rotatable bonds is 7. The molecule has 0 spiro atoms. The number of hydrogen-bond donors (Lipinski definition) is 1. The van der Waals surface area contributed by atoms with E-state index in [0.29, 0.717) is 11.1 Å². The zero-order valence-electron chi connectivity index (χ0n) is 20.4. The van der Waals surface area contributed by atoms with E-state index in [1.807, 2.05) is 0 Å². The number of nitrogens with zero attached hydrogens (tertiary/aromatic N) is 2. The van der Waals surface area contributed by atoms with Crippen LogP contribution in [0.15, 0.2) is 45.9 Å². The van der Waals surface area contributed by atoms with Gasteiger partial charge in [0.2, 0.25) is 5.91 Å². The molecule has 1 heterocycles. The molecule has 1 N–H and O–H groups in total. The highest BCUT2D eigenvalue weighted by atomic mass is 35.5. The molecule has 4 rings (SSSR count). The minimum atomic E-state index is -4.84. The Morgan fingerprint density at radius 2 is 1.84 bits per heavy atom. The lowest BCUT2D eigenvalue weighted by atomic mass is 9.86. The number of hydrogen-bond acceptors (Lipinski definition) is 5. The molecule has 0 bridgehead atoms. The van der Waals surface area contributed by atoms with Gasteiger partial charge in [-0.05, 0) is 61.2 Å². The van der Waals surface area contributed by atoms with Gasteiger partial charge in [-0.15, -0.1) is 0 Å². The number of carbonyl (C=O) groups excluding carboxylic acids is 2. The molecule has 2 unspecified atom stereocenters. The van der Waals surface area contributed by atoms with Crippen LogP contribution >= 0.6 is 23.2 Å². The van der Waals surface area contributed by atoms with Crippen molar-refractivity contribution in [3.05, 3.63) is 68.7 Å². The predicted molar refractivity (Wildman–Crippen MR) is 139 cm³/mol. The third kappa shape index (κ3) is 6.32. The first-order valence-electron chi connectivity index (χ1n) is 11.6. The van der Waals surface area contributed by atoms with Crippen LogP contribution in [-0.4, -0.2) is 46.0 Å². The van der Waals surface area contributed by atoms with Gasteiger partial charge in [-0.25, -0.2) is 4.21 Å². The lowest BCUT2D eigenvalue weighted by Crippen LogP contribution is -2.42. The van der Waals surface area contributed by atoms with Gasteiger partial charge in [-0.2, -0.15) is 17.5 Å². The van der Waals surface area contributed by atoms with E-state index in [9.17, 15) is 27.0 Å². The summed E-state index contributed by atoms with van der Waals surface area (Å²) in [7, 11) is -2.98. The van der Waals surface area contributed by atoms with Gasteiger partial charge in [-0.1, -0.05) is 34.4 Å². The second-order valence-corrected chi connectivity index (χ2v) is 12.9. The molecule has 1 saturated carbocycles. The number of oxime groups is 1. The van der Waals surface area contributed by atoms with E-state index < -0.39 is 33.8 Å². The van der Waals surface area contributed by atoms with Crippen molar-refractivity contribution in [2.75, 3.05) is 12.0 Å². The largest absolute Gasteiger partial charge is 0.435 e. The summed E-state index contributed by atoms with van der Waals surface area (Å²) in [6.45, 7) is 1.58. The minimum Gasteiger partial charge on any atom is -0.374 e. The van der Waals surface area contributed by atoms with Crippen LogP contribution in [0.1, 0.15) is 52.7 Å². The van der Waals surface area contributed by atoms with Crippen LogP contribution < -0.4 is 5.32 Å². The Balaban J connectivity index is 1.52. The summed E-state index contributed by atoms with van der Waals surface area (Å²) in [5, 5.41) is 6.55. The van der Waals surface area contributed by atoms with Crippen molar-refractivity contribution in [2.24, 2.45) is 9.52 Å². The Hall–Kier alpha value is -2.63. The van der Waals surface area contributed by atoms with Gasteiger partial charge < -0.3 is 10.2 Å². The van der Waals surface area contributed by atoms with Gasteiger partial charge in [-0.3, -0.25) is 9.59 Å². The first-order chi connectivity index (χ1) is 17.7. The first kappa shape index (κ1) is 28.4. The summed E-state index contributed by atoms with van der Waals surface area (Å²) in [5.74, 6) is -1.05. The third-order valence-corrected chi connectivity index (χ3v) is 8.18. The molecule has 0 saturated heterocycles. The van der Waals surface area contributed by atoms with Crippen LogP contribution in [0.4, 0.5) is 13.2 Å². The lowest BCUT2D eigenvalue weighted by Gasteiger charge is -2.29.